The Bertz CT molecular complexity index is 585. The van der Waals surface area contributed by atoms with Crippen LogP contribution in [0, 0.1) is 11.3 Å². The third-order valence-corrected chi connectivity index (χ3v) is 2.12. The second-order valence-corrected chi connectivity index (χ2v) is 3.01. The summed E-state index contributed by atoms with van der Waals surface area (Å²) in [5.74, 6) is -0.979. The maximum absolute atomic E-state index is 10.7. The molecule has 0 amide bonds. The van der Waals surface area contributed by atoms with E-state index in [-0.39, 0.29) is 5.56 Å². The maximum atomic E-state index is 10.7. The van der Waals surface area contributed by atoms with Gasteiger partial charge in [-0.25, -0.2) is 9.78 Å². The van der Waals surface area contributed by atoms with Gasteiger partial charge in [0.05, 0.1) is 5.56 Å². The molecule has 2 aromatic rings. The number of aromatic carboxylic acids is 1. The minimum atomic E-state index is -0.979. The number of hydrogen-bond acceptors (Lipinski definition) is 3. The monoisotopic (exact) mass is 198 g/mol. The fraction of sp³-hybridized carbons (Fsp3) is 0. The molecule has 0 bridgehead atoms. The van der Waals surface area contributed by atoms with Crippen molar-refractivity contribution >= 4 is 16.7 Å². The van der Waals surface area contributed by atoms with Crippen LogP contribution in [0.3, 0.4) is 0 Å². The Morgan fingerprint density at radius 1 is 1.40 bits per heavy atom. The molecule has 0 unspecified atom stereocenters. The maximum Gasteiger partial charge on any atom is 0.335 e. The molecule has 0 saturated heterocycles. The quantitative estimate of drug-likeness (QED) is 0.758. The molecule has 1 aromatic heterocycles. The summed E-state index contributed by atoms with van der Waals surface area (Å²) in [6.07, 6.45) is 1.49. The number of aromatic nitrogens is 1. The Hall–Kier alpha value is -2.41. The molecular weight excluding hydrogens is 192 g/mol. The lowest BCUT2D eigenvalue weighted by atomic mass is 10.1. The lowest BCUT2D eigenvalue weighted by molar-refractivity contribution is 0.0697. The SMILES string of the molecule is N#Cc1nccc2cc(C(=O)O)ccc12. The zero-order chi connectivity index (χ0) is 10.8. The minimum absolute atomic E-state index is 0.206. The molecule has 4 heteroatoms. The number of rotatable bonds is 1. The topological polar surface area (TPSA) is 74.0 Å². The first kappa shape index (κ1) is 9.16. The van der Waals surface area contributed by atoms with Gasteiger partial charge in [-0.3, -0.25) is 0 Å². The summed E-state index contributed by atoms with van der Waals surface area (Å²) in [6, 6.07) is 8.24. The Morgan fingerprint density at radius 2 is 2.20 bits per heavy atom. The summed E-state index contributed by atoms with van der Waals surface area (Å²) >= 11 is 0. The molecule has 1 N–H and O–H groups in total. The van der Waals surface area contributed by atoms with E-state index in [4.69, 9.17) is 10.4 Å². The second-order valence-electron chi connectivity index (χ2n) is 3.01. The first-order valence-corrected chi connectivity index (χ1v) is 4.24. The first-order chi connectivity index (χ1) is 7.22. The highest BCUT2D eigenvalue weighted by atomic mass is 16.4. The average Bonchev–Trinajstić information content (AvgIpc) is 2.27. The van der Waals surface area contributed by atoms with Crippen molar-refractivity contribution < 1.29 is 9.90 Å². The smallest absolute Gasteiger partial charge is 0.335 e. The molecule has 0 spiro atoms. The van der Waals surface area contributed by atoms with Crippen molar-refractivity contribution in [3.8, 4) is 6.07 Å². The summed E-state index contributed by atoms with van der Waals surface area (Å²) < 4.78 is 0. The van der Waals surface area contributed by atoms with Crippen molar-refractivity contribution in [1.82, 2.24) is 4.98 Å². The number of carboxylic acids is 1. The van der Waals surface area contributed by atoms with Gasteiger partial charge in [0.2, 0.25) is 0 Å². The van der Waals surface area contributed by atoms with Crippen molar-refractivity contribution in [2.24, 2.45) is 0 Å². The van der Waals surface area contributed by atoms with E-state index in [0.29, 0.717) is 16.5 Å². The van der Waals surface area contributed by atoms with Crippen LogP contribution in [0.15, 0.2) is 30.5 Å². The van der Waals surface area contributed by atoms with Crippen LogP contribution in [0.25, 0.3) is 10.8 Å². The van der Waals surface area contributed by atoms with Crippen LogP contribution in [0.1, 0.15) is 16.1 Å². The van der Waals surface area contributed by atoms with Crippen molar-refractivity contribution in [1.29, 1.82) is 5.26 Å². The van der Waals surface area contributed by atoms with E-state index < -0.39 is 5.97 Å². The zero-order valence-electron chi connectivity index (χ0n) is 7.64. The number of fused-ring (bicyclic) bond motifs is 1. The fourth-order valence-electron chi connectivity index (χ4n) is 1.40. The Kier molecular flexibility index (Phi) is 2.07. The van der Waals surface area contributed by atoms with Gasteiger partial charge in [0, 0.05) is 11.6 Å². The highest BCUT2D eigenvalue weighted by molar-refractivity contribution is 5.95. The van der Waals surface area contributed by atoms with Gasteiger partial charge in [-0.15, -0.1) is 0 Å². The Balaban J connectivity index is 2.76. The number of nitriles is 1. The standard InChI is InChI=1S/C11H6N2O2/c12-6-10-9-2-1-8(11(14)15)5-7(9)3-4-13-10/h1-5H,(H,14,15). The van der Waals surface area contributed by atoms with Crippen LogP contribution < -0.4 is 0 Å². The molecule has 1 aromatic carbocycles. The summed E-state index contributed by atoms with van der Waals surface area (Å²) in [4.78, 5) is 14.6. The highest BCUT2D eigenvalue weighted by Gasteiger charge is 2.06. The molecule has 0 fully saturated rings. The molecule has 0 aliphatic carbocycles. The summed E-state index contributed by atoms with van der Waals surface area (Å²) in [5, 5.41) is 19.0. The lowest BCUT2D eigenvalue weighted by Gasteiger charge is -2.00. The van der Waals surface area contributed by atoms with Crippen molar-refractivity contribution in [3.05, 3.63) is 41.7 Å². The molecule has 0 aliphatic heterocycles. The lowest BCUT2D eigenvalue weighted by Crippen LogP contribution is -1.96. The van der Waals surface area contributed by atoms with Crippen LogP contribution in [0.4, 0.5) is 0 Å². The van der Waals surface area contributed by atoms with Gasteiger partial charge in [0.15, 0.2) is 0 Å². The number of hydrogen-bond donors (Lipinski definition) is 1. The molecule has 0 radical (unpaired) electrons. The number of carboxylic acid groups (broad SMARTS) is 1. The van der Waals surface area contributed by atoms with Crippen LogP contribution in [0.5, 0.6) is 0 Å². The summed E-state index contributed by atoms with van der Waals surface area (Å²) in [5.41, 5.74) is 0.516. The fourth-order valence-corrected chi connectivity index (χ4v) is 1.40. The number of nitrogens with zero attached hydrogens (tertiary/aromatic N) is 2. The van der Waals surface area contributed by atoms with E-state index in [1.54, 1.807) is 12.1 Å². The van der Waals surface area contributed by atoms with Crippen LogP contribution >= 0.6 is 0 Å². The number of carbonyl (C=O) groups is 1. The molecule has 15 heavy (non-hydrogen) atoms. The van der Waals surface area contributed by atoms with Gasteiger partial charge >= 0.3 is 5.97 Å². The largest absolute Gasteiger partial charge is 0.478 e. The van der Waals surface area contributed by atoms with Gasteiger partial charge in [0.1, 0.15) is 11.8 Å². The molecule has 0 saturated carbocycles. The average molecular weight is 198 g/mol. The van der Waals surface area contributed by atoms with Gasteiger partial charge in [-0.2, -0.15) is 5.26 Å². The molecule has 72 valence electrons. The Morgan fingerprint density at radius 3 is 2.87 bits per heavy atom. The van der Waals surface area contributed by atoms with Crippen LogP contribution in [-0.2, 0) is 0 Å². The normalized spacial score (nSPS) is 9.80. The number of pyridine rings is 1. The molecule has 2 rings (SSSR count). The molecular formula is C11H6N2O2. The van der Waals surface area contributed by atoms with Gasteiger partial charge in [-0.1, -0.05) is 6.07 Å². The minimum Gasteiger partial charge on any atom is -0.478 e. The predicted molar refractivity (Wildman–Crippen MR) is 53.4 cm³/mol. The summed E-state index contributed by atoms with van der Waals surface area (Å²) in [6.45, 7) is 0. The van der Waals surface area contributed by atoms with Crippen molar-refractivity contribution in [2.45, 2.75) is 0 Å². The van der Waals surface area contributed by atoms with Gasteiger partial charge < -0.3 is 5.11 Å². The second kappa shape index (κ2) is 3.39. The third-order valence-electron chi connectivity index (χ3n) is 2.12. The Labute approximate surface area is 85.4 Å². The molecule has 1 heterocycles. The predicted octanol–water partition coefficient (Wildman–Crippen LogP) is 1.80. The van der Waals surface area contributed by atoms with Gasteiger partial charge in [-0.05, 0) is 23.6 Å². The highest BCUT2D eigenvalue weighted by Crippen LogP contribution is 2.17. The first-order valence-electron chi connectivity index (χ1n) is 4.24. The molecule has 4 nitrogen and oxygen atoms in total. The van der Waals surface area contributed by atoms with E-state index in [1.165, 1.54) is 18.3 Å². The summed E-state index contributed by atoms with van der Waals surface area (Å²) in [7, 11) is 0. The van der Waals surface area contributed by atoms with E-state index >= 15 is 0 Å². The zero-order valence-corrected chi connectivity index (χ0v) is 7.64. The van der Waals surface area contributed by atoms with E-state index in [9.17, 15) is 4.79 Å². The number of benzene rings is 1. The van der Waals surface area contributed by atoms with Crippen LogP contribution in [-0.4, -0.2) is 16.1 Å². The van der Waals surface area contributed by atoms with E-state index in [2.05, 4.69) is 4.98 Å². The van der Waals surface area contributed by atoms with E-state index in [0.717, 1.165) is 0 Å². The van der Waals surface area contributed by atoms with Crippen molar-refractivity contribution in [3.63, 3.8) is 0 Å². The van der Waals surface area contributed by atoms with Gasteiger partial charge in [0.25, 0.3) is 0 Å². The molecule has 0 aliphatic rings. The third kappa shape index (κ3) is 1.51. The van der Waals surface area contributed by atoms with E-state index in [1.807, 2.05) is 6.07 Å². The van der Waals surface area contributed by atoms with Crippen LogP contribution in [0.2, 0.25) is 0 Å². The van der Waals surface area contributed by atoms with Crippen molar-refractivity contribution in [2.75, 3.05) is 0 Å². The molecule has 0 atom stereocenters.